The van der Waals surface area contributed by atoms with Crippen LogP contribution in [0.3, 0.4) is 0 Å². The first kappa shape index (κ1) is 32.5. The lowest BCUT2D eigenvalue weighted by Gasteiger charge is -2.11. The molecule has 7 aromatic carbocycles. The number of benzene rings is 7. The highest BCUT2D eigenvalue weighted by molar-refractivity contribution is 7.26. The SMILES string of the molecule is C1=CC(c2nc(-c3ccccc3)nc(-c3cccc4c3sc3ccc(-c5ccc6sc7cc(-n8c9ccccc9c9ccccc98)ccc7c6c5)cc34)n2)=CCC1. The molecule has 0 bridgehead atoms. The Morgan fingerprint density at radius 2 is 1.11 bits per heavy atom. The zero-order chi connectivity index (χ0) is 37.5. The predicted octanol–water partition coefficient (Wildman–Crippen LogP) is 14.4. The lowest BCUT2D eigenvalue weighted by molar-refractivity contribution is 1.01. The molecule has 57 heavy (non-hydrogen) atoms. The van der Waals surface area contributed by atoms with Gasteiger partial charge >= 0.3 is 0 Å². The number of aromatic nitrogens is 4. The molecule has 0 aliphatic heterocycles. The Bertz CT molecular complexity index is 3420. The smallest absolute Gasteiger partial charge is 0.165 e. The summed E-state index contributed by atoms with van der Waals surface area (Å²) >= 11 is 3.68. The summed E-state index contributed by atoms with van der Waals surface area (Å²) in [7, 11) is 0. The normalized spacial score (nSPS) is 13.2. The summed E-state index contributed by atoms with van der Waals surface area (Å²) in [5.74, 6) is 2.11. The standard InChI is InChI=1S/C51H32N4S2/c1-3-12-31(13-4-1)49-52-50(32-14-5-2-6-15-32)54-51(53-49)40-19-11-18-39-42-29-34(23-27-46(42)57-48(39)40)33-22-26-45-41(28-33)38-25-24-35(30-47(38)56-45)55-43-20-9-7-16-36(43)37-17-8-10-21-44(37)55/h1,3-5,7-30H,2,6H2. The van der Waals surface area contributed by atoms with E-state index in [1.165, 1.54) is 79.0 Å². The summed E-state index contributed by atoms with van der Waals surface area (Å²) in [6.45, 7) is 0. The van der Waals surface area contributed by atoms with Crippen LogP contribution in [0.4, 0.5) is 0 Å². The monoisotopic (exact) mass is 764 g/mol. The van der Waals surface area contributed by atoms with E-state index in [0.717, 1.165) is 35.4 Å². The molecule has 4 nitrogen and oxygen atoms in total. The second-order valence-electron chi connectivity index (χ2n) is 14.7. The Kier molecular flexibility index (Phi) is 7.37. The Labute approximate surface area is 336 Å². The Morgan fingerprint density at radius 1 is 0.439 bits per heavy atom. The zero-order valence-electron chi connectivity index (χ0n) is 30.7. The lowest BCUT2D eigenvalue weighted by Crippen LogP contribution is -2.03. The molecule has 0 radical (unpaired) electrons. The molecule has 0 atom stereocenters. The molecule has 0 amide bonds. The van der Waals surface area contributed by atoms with E-state index >= 15 is 0 Å². The van der Waals surface area contributed by atoms with Crippen LogP contribution in [0.25, 0.3) is 107 Å². The summed E-state index contributed by atoms with van der Waals surface area (Å²) < 4.78 is 7.43. The number of para-hydroxylation sites is 2. The van der Waals surface area contributed by atoms with Crippen molar-refractivity contribution in [3.63, 3.8) is 0 Å². The third-order valence-corrected chi connectivity index (χ3v) is 13.6. The molecule has 6 heteroatoms. The van der Waals surface area contributed by atoms with Crippen molar-refractivity contribution in [2.45, 2.75) is 12.8 Å². The Hall–Kier alpha value is -6.73. The highest BCUT2D eigenvalue weighted by Crippen LogP contribution is 2.43. The molecule has 268 valence electrons. The third-order valence-electron chi connectivity index (χ3n) is 11.3. The molecular weight excluding hydrogens is 733 g/mol. The van der Waals surface area contributed by atoms with Gasteiger partial charge in [0.2, 0.25) is 0 Å². The van der Waals surface area contributed by atoms with E-state index in [4.69, 9.17) is 15.0 Å². The van der Waals surface area contributed by atoms with Crippen LogP contribution in [0.5, 0.6) is 0 Å². The molecule has 1 aliphatic rings. The van der Waals surface area contributed by atoms with Crippen molar-refractivity contribution in [3.05, 3.63) is 176 Å². The molecule has 0 spiro atoms. The molecule has 0 unspecified atom stereocenters. The van der Waals surface area contributed by atoms with Crippen molar-refractivity contribution < 1.29 is 0 Å². The van der Waals surface area contributed by atoms with Crippen LogP contribution >= 0.6 is 22.7 Å². The number of fused-ring (bicyclic) bond motifs is 9. The molecule has 0 saturated carbocycles. The van der Waals surface area contributed by atoms with Crippen molar-refractivity contribution in [2.24, 2.45) is 0 Å². The summed E-state index contributed by atoms with van der Waals surface area (Å²) in [6, 6.07) is 55.0. The van der Waals surface area contributed by atoms with E-state index in [9.17, 15) is 0 Å². The van der Waals surface area contributed by atoms with Gasteiger partial charge < -0.3 is 4.57 Å². The highest BCUT2D eigenvalue weighted by atomic mass is 32.1. The predicted molar refractivity (Wildman–Crippen MR) is 243 cm³/mol. The first-order valence-electron chi connectivity index (χ1n) is 19.3. The van der Waals surface area contributed by atoms with Crippen LogP contribution in [0, 0.1) is 0 Å². The summed E-state index contributed by atoms with van der Waals surface area (Å²) in [6.07, 6.45) is 8.60. The van der Waals surface area contributed by atoms with Gasteiger partial charge in [0.1, 0.15) is 0 Å². The van der Waals surface area contributed by atoms with E-state index in [0.29, 0.717) is 11.6 Å². The van der Waals surface area contributed by atoms with Crippen LogP contribution < -0.4 is 0 Å². The zero-order valence-corrected chi connectivity index (χ0v) is 32.3. The first-order valence-corrected chi connectivity index (χ1v) is 21.0. The molecular formula is C51H32N4S2. The minimum atomic E-state index is 0.690. The summed E-state index contributed by atoms with van der Waals surface area (Å²) in [5, 5.41) is 7.61. The quantitative estimate of drug-likeness (QED) is 0.175. The average molecular weight is 765 g/mol. The van der Waals surface area contributed by atoms with Crippen LogP contribution in [0.2, 0.25) is 0 Å². The van der Waals surface area contributed by atoms with Gasteiger partial charge in [-0.05, 0) is 78.6 Å². The molecule has 4 aromatic heterocycles. The highest BCUT2D eigenvalue weighted by Gasteiger charge is 2.19. The van der Waals surface area contributed by atoms with E-state index in [-0.39, 0.29) is 0 Å². The number of thiophene rings is 2. The molecule has 0 fully saturated rings. The number of allylic oxidation sites excluding steroid dienone is 4. The number of hydrogen-bond acceptors (Lipinski definition) is 5. The number of rotatable bonds is 5. The fourth-order valence-corrected chi connectivity index (χ4v) is 10.9. The fraction of sp³-hybridized carbons (Fsp3) is 0.0392. The van der Waals surface area contributed by atoms with E-state index in [1.807, 2.05) is 40.9 Å². The van der Waals surface area contributed by atoms with Gasteiger partial charge in [0.15, 0.2) is 17.5 Å². The van der Waals surface area contributed by atoms with Gasteiger partial charge in [-0.3, -0.25) is 0 Å². The number of nitrogens with zero attached hydrogens (tertiary/aromatic N) is 4. The minimum absolute atomic E-state index is 0.690. The van der Waals surface area contributed by atoms with E-state index in [1.54, 1.807) is 0 Å². The van der Waals surface area contributed by atoms with Crippen molar-refractivity contribution in [1.82, 2.24) is 19.5 Å². The maximum absolute atomic E-state index is 5.10. The summed E-state index contributed by atoms with van der Waals surface area (Å²) in [5.41, 5.74) is 9.14. The Morgan fingerprint density at radius 3 is 1.86 bits per heavy atom. The van der Waals surface area contributed by atoms with E-state index in [2.05, 4.69) is 156 Å². The van der Waals surface area contributed by atoms with Gasteiger partial charge in [-0.1, -0.05) is 115 Å². The lowest BCUT2D eigenvalue weighted by atomic mass is 10.00. The van der Waals surface area contributed by atoms with Crippen molar-refractivity contribution in [1.29, 1.82) is 0 Å². The van der Waals surface area contributed by atoms with Crippen LogP contribution in [0.1, 0.15) is 18.7 Å². The molecule has 0 saturated heterocycles. The fourth-order valence-electron chi connectivity index (χ4n) is 8.56. The summed E-state index contributed by atoms with van der Waals surface area (Å²) in [4.78, 5) is 15.1. The van der Waals surface area contributed by atoms with Gasteiger partial charge in [0.25, 0.3) is 0 Å². The Balaban J connectivity index is 0.955. The van der Waals surface area contributed by atoms with Gasteiger partial charge in [0.05, 0.1) is 11.0 Å². The largest absolute Gasteiger partial charge is 0.309 e. The average Bonchev–Trinajstić information content (AvgIpc) is 3.95. The molecule has 11 aromatic rings. The topological polar surface area (TPSA) is 43.6 Å². The third kappa shape index (κ3) is 5.29. The van der Waals surface area contributed by atoms with Crippen molar-refractivity contribution in [3.8, 4) is 39.6 Å². The number of hydrogen-bond donors (Lipinski definition) is 0. The minimum Gasteiger partial charge on any atom is -0.309 e. The molecule has 4 heterocycles. The maximum atomic E-state index is 5.10. The molecule has 12 rings (SSSR count). The van der Waals surface area contributed by atoms with Gasteiger partial charge in [-0.25, -0.2) is 15.0 Å². The van der Waals surface area contributed by atoms with Crippen molar-refractivity contribution in [2.75, 3.05) is 0 Å². The second kappa shape index (κ2) is 12.9. The van der Waals surface area contributed by atoms with Gasteiger partial charge in [-0.2, -0.15) is 0 Å². The first-order chi connectivity index (χ1) is 28.2. The maximum Gasteiger partial charge on any atom is 0.165 e. The van der Waals surface area contributed by atoms with Crippen LogP contribution in [0.15, 0.2) is 170 Å². The van der Waals surface area contributed by atoms with Crippen LogP contribution in [-0.4, -0.2) is 19.5 Å². The van der Waals surface area contributed by atoms with Gasteiger partial charge in [-0.15, -0.1) is 22.7 Å². The van der Waals surface area contributed by atoms with Crippen molar-refractivity contribution >= 4 is 90.4 Å². The molecule has 1 aliphatic carbocycles. The molecule has 0 N–H and O–H groups in total. The van der Waals surface area contributed by atoms with Gasteiger partial charge in [0, 0.05) is 73.5 Å². The second-order valence-corrected chi connectivity index (χ2v) is 16.8. The van der Waals surface area contributed by atoms with E-state index < -0.39 is 0 Å². The van der Waals surface area contributed by atoms with Crippen LogP contribution in [-0.2, 0) is 0 Å².